The van der Waals surface area contributed by atoms with Crippen molar-refractivity contribution in [2.75, 3.05) is 25.0 Å². The Morgan fingerprint density at radius 2 is 1.87 bits per heavy atom. The maximum Gasteiger partial charge on any atom is 0.295 e. The molecular weight excluding hydrogens is 429 g/mol. The van der Waals surface area contributed by atoms with Gasteiger partial charge in [-0.2, -0.15) is 4.98 Å². The van der Waals surface area contributed by atoms with Gasteiger partial charge >= 0.3 is 0 Å². The fraction of sp³-hybridized carbons (Fsp3) is 0.480. The molecule has 2 aromatic carbocycles. The zero-order valence-electron chi connectivity index (χ0n) is 18.5. The van der Waals surface area contributed by atoms with E-state index in [1.807, 2.05) is 24.3 Å². The molecule has 1 aromatic heterocycles. The second kappa shape index (κ2) is 9.81. The van der Waals surface area contributed by atoms with Crippen molar-refractivity contribution in [1.82, 2.24) is 9.88 Å². The molecule has 4 rings (SSSR count). The van der Waals surface area contributed by atoms with E-state index < -0.39 is 0 Å². The second-order valence-corrected chi connectivity index (χ2v) is 10.00. The number of nitrogens with zero attached hydrogens (tertiary/aromatic N) is 2. The van der Waals surface area contributed by atoms with Crippen molar-refractivity contribution in [2.45, 2.75) is 46.1 Å². The highest BCUT2D eigenvalue weighted by atomic mass is 35.5. The number of fused-ring (bicyclic) bond motifs is 1. The molecule has 0 radical (unpaired) electrons. The topological polar surface area (TPSA) is 41.3 Å². The van der Waals surface area contributed by atoms with Crippen molar-refractivity contribution in [3.05, 3.63) is 57.6 Å². The molecule has 1 fully saturated rings. The van der Waals surface area contributed by atoms with Gasteiger partial charge in [0.15, 0.2) is 5.58 Å². The molecule has 4 nitrogen and oxygen atoms in total. The smallest absolute Gasteiger partial charge is 0.295 e. The average Bonchev–Trinajstić information content (AvgIpc) is 3.13. The Morgan fingerprint density at radius 1 is 1.10 bits per heavy atom. The van der Waals surface area contributed by atoms with Crippen molar-refractivity contribution in [1.29, 1.82) is 0 Å². The Bertz CT molecular complexity index is 1020. The summed E-state index contributed by atoms with van der Waals surface area (Å²) in [6.45, 7) is 9.79. The van der Waals surface area contributed by atoms with Gasteiger partial charge in [0, 0.05) is 12.6 Å². The lowest BCUT2D eigenvalue weighted by Gasteiger charge is -2.35. The Labute approximate surface area is 194 Å². The molecule has 3 aromatic rings. The molecule has 1 unspecified atom stereocenters. The standard InChI is InChI=1S/C25H31Cl2N3O/c1-16(2)23(29-25-28-22-7-4-17(3)12-24(22)31-25)15-30-10-8-18(9-11-30)13-19-5-6-20(26)21(27)14-19/h4-7,12,14,16,18,23H,8-11,13,15H2,1-3H3,(H,28,29). The van der Waals surface area contributed by atoms with Crippen LogP contribution in [0.15, 0.2) is 40.8 Å². The van der Waals surface area contributed by atoms with E-state index in [1.54, 1.807) is 0 Å². The van der Waals surface area contributed by atoms with Crippen LogP contribution in [0.1, 0.15) is 37.8 Å². The highest BCUT2D eigenvalue weighted by molar-refractivity contribution is 6.42. The van der Waals surface area contributed by atoms with Crippen LogP contribution in [-0.2, 0) is 6.42 Å². The first-order chi connectivity index (χ1) is 14.9. The summed E-state index contributed by atoms with van der Waals surface area (Å²) < 4.78 is 5.96. The highest BCUT2D eigenvalue weighted by Crippen LogP contribution is 2.28. The molecule has 1 N–H and O–H groups in total. The first kappa shape index (κ1) is 22.4. The number of halogens is 2. The molecular formula is C25H31Cl2N3O. The van der Waals surface area contributed by atoms with Crippen molar-refractivity contribution < 1.29 is 4.42 Å². The van der Waals surface area contributed by atoms with E-state index >= 15 is 0 Å². The van der Waals surface area contributed by atoms with Crippen LogP contribution in [-0.4, -0.2) is 35.6 Å². The molecule has 31 heavy (non-hydrogen) atoms. The SMILES string of the molecule is Cc1ccc2nc(NC(CN3CCC(Cc4ccc(Cl)c(Cl)c4)CC3)C(C)C)oc2c1. The van der Waals surface area contributed by atoms with E-state index in [0.29, 0.717) is 33.9 Å². The van der Waals surface area contributed by atoms with Crippen LogP contribution in [0.2, 0.25) is 10.0 Å². The maximum atomic E-state index is 6.18. The predicted molar refractivity (Wildman–Crippen MR) is 130 cm³/mol. The third-order valence-electron chi connectivity index (χ3n) is 6.33. The molecule has 0 saturated carbocycles. The van der Waals surface area contributed by atoms with Crippen molar-refractivity contribution in [3.63, 3.8) is 0 Å². The van der Waals surface area contributed by atoms with Crippen LogP contribution in [0.5, 0.6) is 0 Å². The monoisotopic (exact) mass is 459 g/mol. The van der Waals surface area contributed by atoms with Gasteiger partial charge in [0.25, 0.3) is 6.01 Å². The van der Waals surface area contributed by atoms with Gasteiger partial charge in [0.2, 0.25) is 0 Å². The summed E-state index contributed by atoms with van der Waals surface area (Å²) in [6, 6.07) is 13.0. The summed E-state index contributed by atoms with van der Waals surface area (Å²) >= 11 is 12.2. The molecule has 1 saturated heterocycles. The second-order valence-electron chi connectivity index (χ2n) is 9.18. The lowest BCUT2D eigenvalue weighted by molar-refractivity contribution is 0.169. The largest absolute Gasteiger partial charge is 0.424 e. The molecule has 2 heterocycles. The minimum absolute atomic E-state index is 0.292. The van der Waals surface area contributed by atoms with E-state index in [4.69, 9.17) is 27.6 Å². The van der Waals surface area contributed by atoms with Gasteiger partial charge in [0.1, 0.15) is 5.52 Å². The number of aryl methyl sites for hydroxylation is 1. The molecule has 0 amide bonds. The van der Waals surface area contributed by atoms with Gasteiger partial charge in [-0.3, -0.25) is 0 Å². The van der Waals surface area contributed by atoms with Crippen molar-refractivity contribution >= 4 is 40.3 Å². The summed E-state index contributed by atoms with van der Waals surface area (Å²) in [5, 5.41) is 4.83. The quantitative estimate of drug-likeness (QED) is 0.419. The molecule has 0 aliphatic carbocycles. The Morgan fingerprint density at radius 3 is 2.58 bits per heavy atom. The molecule has 6 heteroatoms. The van der Waals surface area contributed by atoms with Crippen LogP contribution in [0.25, 0.3) is 11.1 Å². The predicted octanol–water partition coefficient (Wildman–Crippen LogP) is 6.83. The number of rotatable bonds is 7. The van der Waals surface area contributed by atoms with Gasteiger partial charge < -0.3 is 14.6 Å². The van der Waals surface area contributed by atoms with Gasteiger partial charge in [0.05, 0.1) is 10.0 Å². The van der Waals surface area contributed by atoms with Gasteiger partial charge in [-0.15, -0.1) is 0 Å². The van der Waals surface area contributed by atoms with Crippen LogP contribution in [0, 0.1) is 18.8 Å². The number of oxazole rings is 1. The maximum absolute atomic E-state index is 6.18. The lowest BCUT2D eigenvalue weighted by atomic mass is 9.89. The van der Waals surface area contributed by atoms with Crippen LogP contribution in [0.4, 0.5) is 6.01 Å². The number of aromatic nitrogens is 1. The Hall–Kier alpha value is -1.75. The van der Waals surface area contributed by atoms with Crippen LogP contribution in [0.3, 0.4) is 0 Å². The Balaban J connectivity index is 1.32. The van der Waals surface area contributed by atoms with Gasteiger partial charge in [-0.25, -0.2) is 0 Å². The molecule has 0 spiro atoms. The van der Waals surface area contributed by atoms with E-state index in [1.165, 1.54) is 24.0 Å². The number of anilines is 1. The van der Waals surface area contributed by atoms with Crippen molar-refractivity contribution in [2.24, 2.45) is 11.8 Å². The van der Waals surface area contributed by atoms with Crippen LogP contribution < -0.4 is 5.32 Å². The van der Waals surface area contributed by atoms with Crippen LogP contribution >= 0.6 is 23.2 Å². The van der Waals surface area contributed by atoms with Gasteiger partial charge in [-0.05, 0) is 86.5 Å². The summed E-state index contributed by atoms with van der Waals surface area (Å²) in [6.07, 6.45) is 3.47. The fourth-order valence-electron chi connectivity index (χ4n) is 4.33. The number of benzene rings is 2. The molecule has 166 valence electrons. The van der Waals surface area contributed by atoms with Crippen molar-refractivity contribution in [3.8, 4) is 0 Å². The minimum Gasteiger partial charge on any atom is -0.424 e. The highest BCUT2D eigenvalue weighted by Gasteiger charge is 2.24. The normalized spacial score (nSPS) is 16.8. The molecule has 1 aliphatic heterocycles. The lowest BCUT2D eigenvalue weighted by Crippen LogP contribution is -2.43. The zero-order valence-corrected chi connectivity index (χ0v) is 20.0. The number of piperidine rings is 1. The van der Waals surface area contributed by atoms with E-state index in [-0.39, 0.29) is 0 Å². The molecule has 1 atom stereocenters. The number of hydrogen-bond acceptors (Lipinski definition) is 4. The average molecular weight is 460 g/mol. The number of likely N-dealkylation sites (tertiary alicyclic amines) is 1. The van der Waals surface area contributed by atoms with E-state index in [2.05, 4.69) is 48.1 Å². The fourth-order valence-corrected chi connectivity index (χ4v) is 4.65. The van der Waals surface area contributed by atoms with Gasteiger partial charge in [-0.1, -0.05) is 49.2 Å². The first-order valence-electron chi connectivity index (χ1n) is 11.2. The molecule has 1 aliphatic rings. The summed E-state index contributed by atoms with van der Waals surface area (Å²) in [4.78, 5) is 7.19. The zero-order chi connectivity index (χ0) is 22.0. The third-order valence-corrected chi connectivity index (χ3v) is 7.07. The Kier molecular flexibility index (Phi) is 7.10. The molecule has 0 bridgehead atoms. The number of nitrogens with one attached hydrogen (secondary N) is 1. The first-order valence-corrected chi connectivity index (χ1v) is 11.9. The summed E-state index contributed by atoms with van der Waals surface area (Å²) in [5.74, 6) is 1.17. The number of hydrogen-bond donors (Lipinski definition) is 1. The van der Waals surface area contributed by atoms with E-state index in [0.717, 1.165) is 37.2 Å². The minimum atomic E-state index is 0.292. The third kappa shape index (κ3) is 5.74. The summed E-state index contributed by atoms with van der Waals surface area (Å²) in [5.41, 5.74) is 4.20. The summed E-state index contributed by atoms with van der Waals surface area (Å²) in [7, 11) is 0. The van der Waals surface area contributed by atoms with E-state index in [9.17, 15) is 0 Å².